The fourth-order valence-corrected chi connectivity index (χ4v) is 7.62. The van der Waals surface area contributed by atoms with Crippen LogP contribution >= 0.6 is 0 Å². The van der Waals surface area contributed by atoms with E-state index in [4.69, 9.17) is 9.15 Å². The van der Waals surface area contributed by atoms with Crippen molar-refractivity contribution in [2.24, 2.45) is 17.8 Å². The van der Waals surface area contributed by atoms with Crippen molar-refractivity contribution >= 4 is 40.2 Å². The number of ether oxygens (including phenoxy) is 1. The molecule has 2 heterocycles. The number of allylic oxidation sites excluding steroid dienone is 6. The molecule has 4 unspecified atom stereocenters. The number of phenolic OH excluding ortho intramolecular Hbond substituents is 1. The van der Waals surface area contributed by atoms with Gasteiger partial charge in [-0.05, 0) is 85.9 Å². The molecule has 1 saturated heterocycles. The van der Waals surface area contributed by atoms with Gasteiger partial charge in [0.1, 0.15) is 5.52 Å². The van der Waals surface area contributed by atoms with Crippen molar-refractivity contribution in [2.45, 2.75) is 25.7 Å². The quantitative estimate of drug-likeness (QED) is 0.173. The lowest BCUT2D eigenvalue weighted by Gasteiger charge is -2.42. The number of rotatable bonds is 4. The summed E-state index contributed by atoms with van der Waals surface area (Å²) in [5.41, 5.74) is 5.17. The predicted octanol–water partition coefficient (Wildman–Crippen LogP) is 5.84. The molecule has 1 N–H and O–H groups in total. The largest absolute Gasteiger partial charge is 0.504 e. The molecule has 9 nitrogen and oxygen atoms in total. The van der Waals surface area contributed by atoms with Crippen LogP contribution in [0.25, 0.3) is 22.6 Å². The number of aromatic hydroxyl groups is 1. The number of methoxy groups -OCH3 is 1. The summed E-state index contributed by atoms with van der Waals surface area (Å²) in [6.45, 7) is 1.63. The first-order valence-electron chi connectivity index (χ1n) is 15.2. The van der Waals surface area contributed by atoms with Crippen LogP contribution in [0, 0.1) is 17.8 Å². The Morgan fingerprint density at radius 1 is 0.957 bits per heavy atom. The molecule has 46 heavy (non-hydrogen) atoms. The van der Waals surface area contributed by atoms with Gasteiger partial charge >= 0.3 is 0 Å². The Labute approximate surface area is 263 Å². The Bertz CT molecular complexity index is 2080. The van der Waals surface area contributed by atoms with E-state index in [9.17, 15) is 24.3 Å². The monoisotopic (exact) mass is 612 g/mol. The molecule has 1 aliphatic heterocycles. The number of ketones is 2. The van der Waals surface area contributed by atoms with E-state index in [1.54, 1.807) is 43.3 Å². The van der Waals surface area contributed by atoms with E-state index in [0.717, 1.165) is 11.1 Å². The van der Waals surface area contributed by atoms with Gasteiger partial charge in [0.25, 0.3) is 0 Å². The number of hydrogen-bond acceptors (Lipinski definition) is 8. The highest BCUT2D eigenvalue weighted by Gasteiger charge is 2.56. The van der Waals surface area contributed by atoms with Gasteiger partial charge in [-0.1, -0.05) is 29.8 Å². The van der Waals surface area contributed by atoms with E-state index >= 15 is 0 Å². The van der Waals surface area contributed by atoms with E-state index in [1.807, 2.05) is 30.3 Å². The number of fused-ring (bicyclic) bond motifs is 4. The summed E-state index contributed by atoms with van der Waals surface area (Å²) in [6.07, 6.45) is 3.84. The van der Waals surface area contributed by atoms with Gasteiger partial charge in [-0.25, -0.2) is 4.98 Å². The maximum Gasteiger partial charge on any atom is 0.238 e. The van der Waals surface area contributed by atoms with Gasteiger partial charge in [0.2, 0.25) is 17.7 Å². The predicted molar refractivity (Wildman–Crippen MR) is 168 cm³/mol. The first kappa shape index (κ1) is 27.9. The molecule has 0 spiro atoms. The van der Waals surface area contributed by atoms with E-state index < -0.39 is 23.7 Å². The molecule has 3 aliphatic carbocycles. The number of para-hydroxylation sites is 2. The summed E-state index contributed by atoms with van der Waals surface area (Å²) in [4.78, 5) is 60.9. The number of carbonyl (C=O) groups is 4. The van der Waals surface area contributed by atoms with Crippen LogP contribution in [0.3, 0.4) is 0 Å². The Balaban J connectivity index is 1.17. The van der Waals surface area contributed by atoms with Crippen molar-refractivity contribution in [2.75, 3.05) is 12.0 Å². The molecule has 4 aliphatic rings. The minimum absolute atomic E-state index is 0.0537. The molecule has 2 amide bonds. The van der Waals surface area contributed by atoms with Gasteiger partial charge in [-0.15, -0.1) is 0 Å². The molecule has 1 fully saturated rings. The van der Waals surface area contributed by atoms with Gasteiger partial charge in [-0.2, -0.15) is 0 Å². The number of Topliss-reactive ketones (excluding diaryl/α,β-unsaturated/α-hetero) is 1. The second-order valence-electron chi connectivity index (χ2n) is 12.2. The average Bonchev–Trinajstić information content (AvgIpc) is 3.61. The van der Waals surface area contributed by atoms with Crippen LogP contribution in [0.1, 0.15) is 31.2 Å². The van der Waals surface area contributed by atoms with Crippen molar-refractivity contribution in [1.82, 2.24) is 4.98 Å². The number of hydrogen-bond donors (Lipinski definition) is 1. The summed E-state index contributed by atoms with van der Waals surface area (Å²) in [6, 6.07) is 19.3. The van der Waals surface area contributed by atoms with Gasteiger partial charge in [-0.3, -0.25) is 24.1 Å². The number of nitrogens with zero attached hydrogens (tertiary/aromatic N) is 2. The zero-order chi connectivity index (χ0) is 31.9. The average molecular weight is 613 g/mol. The summed E-state index contributed by atoms with van der Waals surface area (Å²) in [5.74, 6) is -2.86. The van der Waals surface area contributed by atoms with Crippen LogP contribution in [0.4, 0.5) is 5.69 Å². The van der Waals surface area contributed by atoms with Crippen LogP contribution in [0.2, 0.25) is 0 Å². The number of oxazole rings is 1. The lowest BCUT2D eigenvalue weighted by atomic mass is 9.59. The van der Waals surface area contributed by atoms with Crippen LogP contribution in [-0.4, -0.2) is 40.6 Å². The van der Waals surface area contributed by atoms with Crippen molar-refractivity contribution in [3.05, 3.63) is 107 Å². The standard InChI is InChI=1S/C37H28N2O7/c1-18-15-28(41)25-17-24-22(31(33(25)34(18)42)20-9-14-27(40)30(16-20)45-2)12-13-23-32(24)37(44)39(36(23)43)21-10-7-19(8-11-21)35-38-26-5-3-4-6-29(26)46-35/h3-12,14-16,23-24,31-32,40H,13,17H2,1-2H3. The molecule has 8 rings (SSSR count). The molecular weight excluding hydrogens is 584 g/mol. The summed E-state index contributed by atoms with van der Waals surface area (Å²) in [7, 11) is 1.44. The van der Waals surface area contributed by atoms with Crippen molar-refractivity contribution in [3.8, 4) is 23.0 Å². The maximum absolute atomic E-state index is 14.2. The van der Waals surface area contributed by atoms with E-state index in [2.05, 4.69) is 4.98 Å². The second-order valence-corrected chi connectivity index (χ2v) is 12.2. The topological polar surface area (TPSA) is 127 Å². The molecule has 9 heteroatoms. The first-order chi connectivity index (χ1) is 22.2. The highest BCUT2D eigenvalue weighted by atomic mass is 16.5. The number of imide groups is 1. The van der Waals surface area contributed by atoms with Gasteiger partial charge in [0.05, 0.1) is 24.6 Å². The van der Waals surface area contributed by atoms with Crippen LogP contribution in [-0.2, 0) is 19.2 Å². The molecule has 0 bridgehead atoms. The first-order valence-corrected chi connectivity index (χ1v) is 15.2. The van der Waals surface area contributed by atoms with Gasteiger partial charge in [0, 0.05) is 28.2 Å². The number of anilines is 1. The normalized spacial score (nSPS) is 24.1. The molecule has 4 aromatic rings. The van der Waals surface area contributed by atoms with Crippen molar-refractivity contribution in [1.29, 1.82) is 0 Å². The van der Waals surface area contributed by atoms with E-state index in [-0.39, 0.29) is 41.3 Å². The minimum atomic E-state index is -0.699. The lowest BCUT2D eigenvalue weighted by Crippen LogP contribution is -2.39. The van der Waals surface area contributed by atoms with Crippen molar-refractivity contribution in [3.63, 3.8) is 0 Å². The molecule has 4 atom stereocenters. The third kappa shape index (κ3) is 4.04. The van der Waals surface area contributed by atoms with E-state index in [1.165, 1.54) is 24.2 Å². The summed E-state index contributed by atoms with van der Waals surface area (Å²) in [5, 5.41) is 10.3. The zero-order valence-electron chi connectivity index (χ0n) is 25.0. The molecular formula is C37H28N2O7. The SMILES string of the molecule is COc1cc(C2C3=CCC4C(=O)N(c5ccc(-c6nc7ccccc7o6)cc5)C(=O)C4C3CC3=C2C(=O)C(C)=CC3=O)ccc1O. The van der Waals surface area contributed by atoms with Crippen molar-refractivity contribution < 1.29 is 33.4 Å². The van der Waals surface area contributed by atoms with Gasteiger partial charge in [0.15, 0.2) is 28.6 Å². The minimum Gasteiger partial charge on any atom is -0.504 e. The third-order valence-corrected chi connectivity index (χ3v) is 9.77. The highest BCUT2D eigenvalue weighted by molar-refractivity contribution is 6.25. The number of benzene rings is 3. The Hall–Kier alpha value is -5.57. The zero-order valence-corrected chi connectivity index (χ0v) is 25.0. The summed E-state index contributed by atoms with van der Waals surface area (Å²) < 4.78 is 11.3. The van der Waals surface area contributed by atoms with Crippen LogP contribution in [0.15, 0.2) is 106 Å². The van der Waals surface area contributed by atoms with Crippen LogP contribution < -0.4 is 9.64 Å². The number of carbonyl (C=O) groups excluding carboxylic acids is 4. The molecule has 0 saturated carbocycles. The van der Waals surface area contributed by atoms with Crippen LogP contribution in [0.5, 0.6) is 11.5 Å². The molecule has 3 aromatic carbocycles. The Morgan fingerprint density at radius 2 is 1.74 bits per heavy atom. The Kier molecular flexibility index (Phi) is 6.22. The molecule has 1 aromatic heterocycles. The number of aromatic nitrogens is 1. The van der Waals surface area contributed by atoms with E-state index in [0.29, 0.717) is 51.4 Å². The molecule has 228 valence electrons. The number of phenols is 1. The summed E-state index contributed by atoms with van der Waals surface area (Å²) >= 11 is 0. The smallest absolute Gasteiger partial charge is 0.238 e. The van der Waals surface area contributed by atoms with Gasteiger partial charge < -0.3 is 14.3 Å². The third-order valence-electron chi connectivity index (χ3n) is 9.77. The fraction of sp³-hybridized carbons (Fsp3) is 0.216. The lowest BCUT2D eigenvalue weighted by molar-refractivity contribution is -0.123. The molecule has 0 radical (unpaired) electrons. The fourth-order valence-electron chi connectivity index (χ4n) is 7.62. The highest BCUT2D eigenvalue weighted by Crippen LogP contribution is 2.56. The Morgan fingerprint density at radius 3 is 2.50 bits per heavy atom. The maximum atomic E-state index is 14.2. The number of amides is 2. The second kappa shape index (κ2) is 10.2.